The standard InChI is InChI=1S/C17H28N2OS/c1-14(2)13-19-10-8-15(9-11-19)18-17(20)7-3-5-16-6-4-12-21-16/h4,6,12,14-15H,3,5,7-11,13H2,1-2H3,(H,18,20). The smallest absolute Gasteiger partial charge is 0.220 e. The van der Waals surface area contributed by atoms with Crippen molar-refractivity contribution in [3.63, 3.8) is 0 Å². The summed E-state index contributed by atoms with van der Waals surface area (Å²) in [5, 5.41) is 5.31. The molecule has 21 heavy (non-hydrogen) atoms. The summed E-state index contributed by atoms with van der Waals surface area (Å²) in [6.45, 7) is 7.96. The van der Waals surface area contributed by atoms with Crippen molar-refractivity contribution in [2.45, 2.75) is 52.0 Å². The van der Waals surface area contributed by atoms with Gasteiger partial charge in [-0.2, -0.15) is 0 Å². The summed E-state index contributed by atoms with van der Waals surface area (Å²) in [4.78, 5) is 15.9. The van der Waals surface area contributed by atoms with Crippen LogP contribution in [0, 0.1) is 5.92 Å². The number of hydrogen-bond donors (Lipinski definition) is 1. The minimum Gasteiger partial charge on any atom is -0.353 e. The Morgan fingerprint density at radius 2 is 2.19 bits per heavy atom. The summed E-state index contributed by atoms with van der Waals surface area (Å²) in [6, 6.07) is 4.61. The van der Waals surface area contributed by atoms with E-state index in [1.165, 1.54) is 11.4 Å². The second-order valence-corrected chi connectivity index (χ2v) is 7.50. The summed E-state index contributed by atoms with van der Waals surface area (Å²) >= 11 is 1.78. The molecule has 3 nitrogen and oxygen atoms in total. The van der Waals surface area contributed by atoms with Gasteiger partial charge >= 0.3 is 0 Å². The van der Waals surface area contributed by atoms with Gasteiger partial charge in [0.2, 0.25) is 5.91 Å². The summed E-state index contributed by atoms with van der Waals surface area (Å²) in [5.41, 5.74) is 0. The number of amides is 1. The molecule has 0 spiro atoms. The molecule has 1 saturated heterocycles. The number of hydrogen-bond acceptors (Lipinski definition) is 3. The maximum absolute atomic E-state index is 12.0. The number of likely N-dealkylation sites (tertiary alicyclic amines) is 1. The quantitative estimate of drug-likeness (QED) is 0.838. The summed E-state index contributed by atoms with van der Waals surface area (Å²) in [6.07, 6.45) is 4.84. The van der Waals surface area contributed by atoms with Crippen LogP contribution in [0.25, 0.3) is 0 Å². The molecule has 1 aliphatic rings. The van der Waals surface area contributed by atoms with Crippen LogP contribution >= 0.6 is 11.3 Å². The van der Waals surface area contributed by atoms with E-state index in [9.17, 15) is 4.79 Å². The highest BCUT2D eigenvalue weighted by molar-refractivity contribution is 7.09. The summed E-state index contributed by atoms with van der Waals surface area (Å²) in [5.74, 6) is 0.960. The van der Waals surface area contributed by atoms with Crippen molar-refractivity contribution >= 4 is 17.2 Å². The van der Waals surface area contributed by atoms with Gasteiger partial charge < -0.3 is 10.2 Å². The van der Waals surface area contributed by atoms with E-state index in [1.54, 1.807) is 11.3 Å². The first-order chi connectivity index (χ1) is 10.1. The fourth-order valence-electron chi connectivity index (χ4n) is 2.95. The predicted octanol–water partition coefficient (Wildman–Crippen LogP) is 3.31. The molecule has 1 aliphatic heterocycles. The highest BCUT2D eigenvalue weighted by Crippen LogP contribution is 2.14. The van der Waals surface area contributed by atoms with Crippen molar-refractivity contribution in [3.8, 4) is 0 Å². The number of nitrogens with zero attached hydrogens (tertiary/aromatic N) is 1. The molecule has 0 bridgehead atoms. The highest BCUT2D eigenvalue weighted by Gasteiger charge is 2.20. The monoisotopic (exact) mass is 308 g/mol. The van der Waals surface area contributed by atoms with Crippen LogP contribution in [0.15, 0.2) is 17.5 Å². The Labute approximate surface area is 132 Å². The lowest BCUT2D eigenvalue weighted by Gasteiger charge is -2.33. The Morgan fingerprint density at radius 1 is 1.43 bits per heavy atom. The number of rotatable bonds is 7. The number of aryl methyl sites for hydroxylation is 1. The fourth-order valence-corrected chi connectivity index (χ4v) is 3.71. The zero-order valence-electron chi connectivity index (χ0n) is 13.3. The van der Waals surface area contributed by atoms with E-state index in [1.807, 2.05) is 0 Å². The van der Waals surface area contributed by atoms with Gasteiger partial charge in [-0.25, -0.2) is 0 Å². The van der Waals surface area contributed by atoms with Gasteiger partial charge in [0.15, 0.2) is 0 Å². The largest absolute Gasteiger partial charge is 0.353 e. The summed E-state index contributed by atoms with van der Waals surface area (Å²) in [7, 11) is 0. The van der Waals surface area contributed by atoms with Crippen molar-refractivity contribution in [2.75, 3.05) is 19.6 Å². The predicted molar refractivity (Wildman–Crippen MR) is 89.7 cm³/mol. The number of nitrogens with one attached hydrogen (secondary N) is 1. The van der Waals surface area contributed by atoms with Crippen LogP contribution < -0.4 is 5.32 Å². The molecule has 0 atom stereocenters. The van der Waals surface area contributed by atoms with Gasteiger partial charge in [0, 0.05) is 37.0 Å². The van der Waals surface area contributed by atoms with Gasteiger partial charge in [-0.15, -0.1) is 11.3 Å². The Morgan fingerprint density at radius 3 is 2.81 bits per heavy atom. The van der Waals surface area contributed by atoms with Crippen LogP contribution in [0.2, 0.25) is 0 Å². The highest BCUT2D eigenvalue weighted by atomic mass is 32.1. The van der Waals surface area contributed by atoms with Crippen molar-refractivity contribution in [2.24, 2.45) is 5.92 Å². The first-order valence-electron chi connectivity index (χ1n) is 8.17. The van der Waals surface area contributed by atoms with Crippen LogP contribution in [0.3, 0.4) is 0 Å². The van der Waals surface area contributed by atoms with Gasteiger partial charge in [0.05, 0.1) is 0 Å². The Kier molecular flexibility index (Phi) is 6.71. The lowest BCUT2D eigenvalue weighted by Crippen LogP contribution is -2.45. The zero-order chi connectivity index (χ0) is 15.1. The number of thiophene rings is 1. The SMILES string of the molecule is CC(C)CN1CCC(NC(=O)CCCc2cccs2)CC1. The lowest BCUT2D eigenvalue weighted by molar-refractivity contribution is -0.122. The van der Waals surface area contributed by atoms with E-state index < -0.39 is 0 Å². The lowest BCUT2D eigenvalue weighted by atomic mass is 10.0. The third-order valence-corrected chi connectivity index (χ3v) is 4.92. The van der Waals surface area contributed by atoms with Crippen molar-refractivity contribution < 1.29 is 4.79 Å². The van der Waals surface area contributed by atoms with E-state index in [2.05, 4.69) is 41.6 Å². The fraction of sp³-hybridized carbons (Fsp3) is 0.706. The van der Waals surface area contributed by atoms with Crippen LogP contribution in [0.4, 0.5) is 0 Å². The Balaban J connectivity index is 1.58. The molecular weight excluding hydrogens is 280 g/mol. The number of carbonyl (C=O) groups is 1. The van der Waals surface area contributed by atoms with E-state index in [4.69, 9.17) is 0 Å². The normalized spacial score (nSPS) is 17.3. The van der Waals surface area contributed by atoms with Crippen LogP contribution in [0.1, 0.15) is 44.4 Å². The molecule has 1 aromatic heterocycles. The van der Waals surface area contributed by atoms with Crippen molar-refractivity contribution in [1.29, 1.82) is 0 Å². The van der Waals surface area contributed by atoms with E-state index >= 15 is 0 Å². The van der Waals surface area contributed by atoms with Crippen LogP contribution in [0.5, 0.6) is 0 Å². The first-order valence-corrected chi connectivity index (χ1v) is 9.05. The second kappa shape index (κ2) is 8.54. The van der Waals surface area contributed by atoms with Gasteiger partial charge in [0.1, 0.15) is 0 Å². The van der Waals surface area contributed by atoms with Gasteiger partial charge in [-0.1, -0.05) is 19.9 Å². The third kappa shape index (κ3) is 6.18. The van der Waals surface area contributed by atoms with E-state index in [0.29, 0.717) is 12.5 Å². The van der Waals surface area contributed by atoms with E-state index in [0.717, 1.165) is 44.7 Å². The minimum atomic E-state index is 0.230. The van der Waals surface area contributed by atoms with Gasteiger partial charge in [0.25, 0.3) is 0 Å². The molecule has 0 unspecified atom stereocenters. The third-order valence-electron chi connectivity index (χ3n) is 3.98. The Hall–Kier alpha value is -0.870. The molecule has 2 heterocycles. The van der Waals surface area contributed by atoms with E-state index in [-0.39, 0.29) is 5.91 Å². The summed E-state index contributed by atoms with van der Waals surface area (Å²) < 4.78 is 0. The second-order valence-electron chi connectivity index (χ2n) is 6.47. The van der Waals surface area contributed by atoms with Crippen LogP contribution in [-0.2, 0) is 11.2 Å². The molecule has 0 aromatic carbocycles. The minimum absolute atomic E-state index is 0.230. The molecule has 0 radical (unpaired) electrons. The topological polar surface area (TPSA) is 32.3 Å². The molecule has 118 valence electrons. The maximum Gasteiger partial charge on any atom is 0.220 e. The average molecular weight is 308 g/mol. The number of carbonyl (C=O) groups excluding carboxylic acids is 1. The van der Waals surface area contributed by atoms with Gasteiger partial charge in [-0.3, -0.25) is 4.79 Å². The number of piperidine rings is 1. The molecule has 1 fully saturated rings. The van der Waals surface area contributed by atoms with Crippen LogP contribution in [-0.4, -0.2) is 36.5 Å². The molecule has 1 aromatic rings. The molecule has 4 heteroatoms. The Bertz CT molecular complexity index is 408. The molecule has 2 rings (SSSR count). The molecule has 0 aliphatic carbocycles. The first kappa shape index (κ1) is 16.5. The zero-order valence-corrected chi connectivity index (χ0v) is 14.1. The van der Waals surface area contributed by atoms with Gasteiger partial charge in [-0.05, 0) is 43.0 Å². The molecule has 1 N–H and O–H groups in total. The molecular formula is C17H28N2OS. The molecule has 0 saturated carbocycles. The maximum atomic E-state index is 12.0. The average Bonchev–Trinajstić information content (AvgIpc) is 2.93. The van der Waals surface area contributed by atoms with Crippen molar-refractivity contribution in [1.82, 2.24) is 10.2 Å². The van der Waals surface area contributed by atoms with Crippen molar-refractivity contribution in [3.05, 3.63) is 22.4 Å². The molecule has 1 amide bonds.